The third-order valence-corrected chi connectivity index (χ3v) is 7.55. The van der Waals surface area contributed by atoms with Gasteiger partial charge in [0.2, 0.25) is 0 Å². The zero-order valence-electron chi connectivity index (χ0n) is 12.3. The summed E-state index contributed by atoms with van der Waals surface area (Å²) in [6.07, 6.45) is 4.00. The Bertz CT molecular complexity index is 517. The van der Waals surface area contributed by atoms with Crippen LogP contribution in [0.1, 0.15) is 31.1 Å². The summed E-state index contributed by atoms with van der Waals surface area (Å²) < 4.78 is 27.3. The summed E-state index contributed by atoms with van der Waals surface area (Å²) in [5.74, 6) is 0.656. The normalized spacial score (nSPS) is 18.5. The van der Waals surface area contributed by atoms with Crippen molar-refractivity contribution in [2.45, 2.75) is 36.8 Å². The van der Waals surface area contributed by atoms with Crippen LogP contribution in [0, 0.1) is 5.92 Å². The Kier molecular flexibility index (Phi) is 5.60. The molecule has 2 heterocycles. The molecule has 114 valence electrons. The summed E-state index contributed by atoms with van der Waals surface area (Å²) in [6.45, 7) is 4.39. The highest BCUT2D eigenvalue weighted by molar-refractivity contribution is 7.91. The molecule has 1 aromatic rings. The zero-order chi connectivity index (χ0) is 14.6. The first-order valence-corrected chi connectivity index (χ1v) is 9.57. The van der Waals surface area contributed by atoms with Gasteiger partial charge in [0.25, 0.3) is 10.0 Å². The molecule has 0 spiro atoms. The number of rotatable bonds is 6. The Morgan fingerprint density at radius 1 is 1.35 bits per heavy atom. The van der Waals surface area contributed by atoms with E-state index in [1.807, 2.05) is 13.1 Å². The molecule has 2 rings (SSSR count). The lowest BCUT2D eigenvalue weighted by atomic mass is 9.95. The highest BCUT2D eigenvalue weighted by Crippen LogP contribution is 2.29. The van der Waals surface area contributed by atoms with Crippen LogP contribution in [0.5, 0.6) is 0 Å². The van der Waals surface area contributed by atoms with Gasteiger partial charge in [0.05, 0.1) is 0 Å². The summed E-state index contributed by atoms with van der Waals surface area (Å²) in [6, 6.07) is 3.68. The molecule has 20 heavy (non-hydrogen) atoms. The van der Waals surface area contributed by atoms with Crippen LogP contribution in [0.4, 0.5) is 0 Å². The molecule has 0 saturated carbocycles. The van der Waals surface area contributed by atoms with E-state index in [0.717, 1.165) is 37.1 Å². The molecule has 6 heteroatoms. The van der Waals surface area contributed by atoms with E-state index in [4.69, 9.17) is 0 Å². The lowest BCUT2D eigenvalue weighted by Crippen LogP contribution is -2.38. The van der Waals surface area contributed by atoms with Gasteiger partial charge in [-0.2, -0.15) is 4.31 Å². The van der Waals surface area contributed by atoms with Crippen LogP contribution in [0.2, 0.25) is 0 Å². The summed E-state index contributed by atoms with van der Waals surface area (Å²) >= 11 is 1.41. The van der Waals surface area contributed by atoms with Crippen LogP contribution in [0.25, 0.3) is 0 Å². The Balaban J connectivity index is 1.98. The summed E-state index contributed by atoms with van der Waals surface area (Å²) in [4.78, 5) is 1.13. The van der Waals surface area contributed by atoms with Crippen molar-refractivity contribution < 1.29 is 8.42 Å². The van der Waals surface area contributed by atoms with Crippen molar-refractivity contribution in [3.8, 4) is 0 Å². The quantitative estimate of drug-likeness (QED) is 0.876. The van der Waals surface area contributed by atoms with Gasteiger partial charge in [-0.25, -0.2) is 8.42 Å². The van der Waals surface area contributed by atoms with Crippen LogP contribution < -0.4 is 5.32 Å². The lowest BCUT2D eigenvalue weighted by molar-refractivity contribution is 0.263. The Morgan fingerprint density at radius 3 is 2.60 bits per heavy atom. The largest absolute Gasteiger partial charge is 0.320 e. The molecule has 0 aromatic carbocycles. The Hall–Kier alpha value is -0.430. The van der Waals surface area contributed by atoms with Crippen molar-refractivity contribution in [1.82, 2.24) is 9.62 Å². The van der Waals surface area contributed by atoms with Crippen LogP contribution in [0.15, 0.2) is 16.3 Å². The molecule has 0 radical (unpaired) electrons. The number of sulfonamides is 1. The average molecular weight is 316 g/mol. The zero-order valence-corrected chi connectivity index (χ0v) is 13.9. The molecule has 1 saturated heterocycles. The minimum atomic E-state index is -3.26. The molecule has 1 fully saturated rings. The fourth-order valence-electron chi connectivity index (χ4n) is 2.60. The number of hydrogen-bond donors (Lipinski definition) is 1. The van der Waals surface area contributed by atoms with Crippen LogP contribution in [-0.4, -0.2) is 39.4 Å². The average Bonchev–Trinajstić information content (AvgIpc) is 2.95. The maximum absolute atomic E-state index is 12.6. The van der Waals surface area contributed by atoms with Gasteiger partial charge in [0.15, 0.2) is 0 Å². The van der Waals surface area contributed by atoms with Gasteiger partial charge >= 0.3 is 0 Å². The van der Waals surface area contributed by atoms with Crippen LogP contribution >= 0.6 is 11.3 Å². The summed E-state index contributed by atoms with van der Waals surface area (Å²) in [5, 5.41) is 3.16. The van der Waals surface area contributed by atoms with Crippen molar-refractivity contribution in [1.29, 1.82) is 0 Å². The smallest absolute Gasteiger partial charge is 0.252 e. The maximum atomic E-state index is 12.6. The summed E-state index contributed by atoms with van der Waals surface area (Å²) in [7, 11) is -1.30. The van der Waals surface area contributed by atoms with E-state index in [1.165, 1.54) is 11.3 Å². The molecular weight excluding hydrogens is 292 g/mol. The summed E-state index contributed by atoms with van der Waals surface area (Å²) in [5.41, 5.74) is 0. The van der Waals surface area contributed by atoms with Gasteiger partial charge in [-0.05, 0) is 57.3 Å². The minimum absolute atomic E-state index is 0.503. The lowest BCUT2D eigenvalue weighted by Gasteiger charge is -2.30. The molecule has 0 bridgehead atoms. The monoisotopic (exact) mass is 316 g/mol. The highest BCUT2D eigenvalue weighted by Gasteiger charge is 2.30. The predicted octanol–water partition coefficient (Wildman–Crippen LogP) is 2.32. The van der Waals surface area contributed by atoms with Gasteiger partial charge < -0.3 is 5.32 Å². The third-order valence-electron chi connectivity index (χ3n) is 3.96. The maximum Gasteiger partial charge on any atom is 0.252 e. The number of piperidine rings is 1. The number of hydrogen-bond acceptors (Lipinski definition) is 4. The first kappa shape index (κ1) is 15.9. The van der Waals surface area contributed by atoms with Gasteiger partial charge in [0, 0.05) is 18.0 Å². The van der Waals surface area contributed by atoms with Gasteiger partial charge in [-0.15, -0.1) is 11.3 Å². The number of nitrogens with zero attached hydrogens (tertiary/aromatic N) is 1. The number of aryl methyl sites for hydroxylation is 1. The molecule has 0 amide bonds. The van der Waals surface area contributed by atoms with E-state index < -0.39 is 10.0 Å². The third kappa shape index (κ3) is 3.61. The Labute approximate surface area is 126 Å². The van der Waals surface area contributed by atoms with Crippen molar-refractivity contribution in [2.24, 2.45) is 5.92 Å². The molecule has 1 N–H and O–H groups in total. The molecule has 0 aliphatic carbocycles. The topological polar surface area (TPSA) is 49.4 Å². The van der Waals surface area contributed by atoms with E-state index >= 15 is 0 Å². The fourth-order valence-corrected chi connectivity index (χ4v) is 5.52. The molecule has 1 aliphatic heterocycles. The van der Waals surface area contributed by atoms with Gasteiger partial charge in [0.1, 0.15) is 4.21 Å². The second-order valence-electron chi connectivity index (χ2n) is 5.31. The van der Waals surface area contributed by atoms with Crippen molar-refractivity contribution >= 4 is 21.4 Å². The van der Waals surface area contributed by atoms with E-state index in [-0.39, 0.29) is 0 Å². The standard InChI is InChI=1S/C14H24N2O2S2/c1-3-13-4-5-14(19-13)20(17,18)16-10-7-12(8-11-16)6-9-15-2/h4-5,12,15H,3,6-11H2,1-2H3. The SMILES string of the molecule is CCc1ccc(S(=O)(=O)N2CCC(CCNC)CC2)s1. The van der Waals surface area contributed by atoms with Gasteiger partial charge in [-0.1, -0.05) is 6.92 Å². The first-order valence-electron chi connectivity index (χ1n) is 7.31. The molecular formula is C14H24N2O2S2. The molecule has 0 atom stereocenters. The molecule has 1 aromatic heterocycles. The second-order valence-corrected chi connectivity index (χ2v) is 8.65. The number of nitrogens with one attached hydrogen (secondary N) is 1. The predicted molar refractivity (Wildman–Crippen MR) is 83.7 cm³/mol. The van der Waals surface area contributed by atoms with E-state index in [9.17, 15) is 8.42 Å². The van der Waals surface area contributed by atoms with Crippen LogP contribution in [0.3, 0.4) is 0 Å². The number of thiophene rings is 1. The van der Waals surface area contributed by atoms with Gasteiger partial charge in [-0.3, -0.25) is 0 Å². The van der Waals surface area contributed by atoms with Crippen molar-refractivity contribution in [2.75, 3.05) is 26.7 Å². The Morgan fingerprint density at radius 2 is 2.05 bits per heavy atom. The van der Waals surface area contributed by atoms with Crippen LogP contribution in [-0.2, 0) is 16.4 Å². The van der Waals surface area contributed by atoms with Crippen molar-refractivity contribution in [3.63, 3.8) is 0 Å². The first-order chi connectivity index (χ1) is 9.57. The second kappa shape index (κ2) is 7.02. The van der Waals surface area contributed by atoms with E-state index in [2.05, 4.69) is 12.2 Å². The molecule has 0 unspecified atom stereocenters. The highest BCUT2D eigenvalue weighted by atomic mass is 32.2. The molecule has 4 nitrogen and oxygen atoms in total. The van der Waals surface area contributed by atoms with E-state index in [1.54, 1.807) is 10.4 Å². The van der Waals surface area contributed by atoms with E-state index in [0.29, 0.717) is 23.2 Å². The van der Waals surface area contributed by atoms with Crippen molar-refractivity contribution in [3.05, 3.63) is 17.0 Å². The fraction of sp³-hybridized carbons (Fsp3) is 0.714. The minimum Gasteiger partial charge on any atom is -0.320 e. The molecule has 1 aliphatic rings.